The number of aromatic nitrogens is 1. The number of nitrogens with zero attached hydrogens (tertiary/aromatic N) is 1. The molecule has 0 aliphatic heterocycles. The monoisotopic (exact) mass is 279 g/mol. The highest BCUT2D eigenvalue weighted by atomic mass is 16.5. The van der Waals surface area contributed by atoms with E-state index in [2.05, 4.69) is 4.98 Å². The van der Waals surface area contributed by atoms with E-state index in [4.69, 9.17) is 4.74 Å². The van der Waals surface area contributed by atoms with E-state index in [1.165, 1.54) is 6.92 Å². The van der Waals surface area contributed by atoms with E-state index in [1.807, 2.05) is 13.8 Å². The lowest BCUT2D eigenvalue weighted by Gasteiger charge is -2.40. The minimum atomic E-state index is -1.29. The van der Waals surface area contributed by atoms with Gasteiger partial charge in [0.05, 0.1) is 17.6 Å². The summed E-state index contributed by atoms with van der Waals surface area (Å²) in [6.07, 6.45) is 1.73. The number of methoxy groups -OCH3 is 1. The molecule has 1 atom stereocenters. The van der Waals surface area contributed by atoms with Crippen LogP contribution in [0.4, 0.5) is 0 Å². The van der Waals surface area contributed by atoms with Crippen LogP contribution in [0.2, 0.25) is 0 Å². The smallest absolute Gasteiger partial charge is 0.138 e. The average molecular weight is 279 g/mol. The zero-order valence-corrected chi connectivity index (χ0v) is 13.5. The van der Waals surface area contributed by atoms with Crippen molar-refractivity contribution in [3.8, 4) is 0 Å². The first-order valence-corrected chi connectivity index (χ1v) is 6.75. The predicted molar refractivity (Wildman–Crippen MR) is 78.5 cm³/mol. The van der Waals surface area contributed by atoms with E-state index in [0.29, 0.717) is 6.61 Å². The van der Waals surface area contributed by atoms with Crippen LogP contribution in [0.1, 0.15) is 50.1 Å². The summed E-state index contributed by atoms with van der Waals surface area (Å²) >= 11 is 0. The number of ether oxygens (including phenoxy) is 1. The fraction of sp³-hybridized carbons (Fsp3) is 0.625. The first kappa shape index (κ1) is 16.8. The minimum Gasteiger partial charge on any atom is -0.384 e. The summed E-state index contributed by atoms with van der Waals surface area (Å²) in [7, 11) is 1.61. The molecule has 1 aromatic rings. The quantitative estimate of drug-likeness (QED) is 0.900. The maximum atomic E-state index is 11.9. The lowest BCUT2D eigenvalue weighted by Crippen LogP contribution is -2.45. The molecule has 4 heteroatoms. The third-order valence-electron chi connectivity index (χ3n) is 4.46. The molecule has 1 N–H and O–H groups in total. The van der Waals surface area contributed by atoms with Gasteiger partial charge in [-0.1, -0.05) is 0 Å². The van der Waals surface area contributed by atoms with Gasteiger partial charge in [0, 0.05) is 24.6 Å². The lowest BCUT2D eigenvalue weighted by atomic mass is 9.67. The Hall–Kier alpha value is -1.26. The van der Waals surface area contributed by atoms with Crippen LogP contribution in [0.25, 0.3) is 0 Å². The SMILES string of the molecule is COCc1c(C)ncc(C)c1C(C)(O)C(C)(C)C(C)=O. The van der Waals surface area contributed by atoms with Gasteiger partial charge in [0.2, 0.25) is 0 Å². The second-order valence-corrected chi connectivity index (χ2v) is 6.07. The topological polar surface area (TPSA) is 59.4 Å². The molecule has 20 heavy (non-hydrogen) atoms. The van der Waals surface area contributed by atoms with E-state index >= 15 is 0 Å². The molecule has 0 aliphatic rings. The van der Waals surface area contributed by atoms with Crippen molar-refractivity contribution in [1.82, 2.24) is 4.98 Å². The van der Waals surface area contributed by atoms with Gasteiger partial charge in [-0.15, -0.1) is 0 Å². The van der Waals surface area contributed by atoms with Crippen LogP contribution in [0, 0.1) is 19.3 Å². The Labute approximate surface area is 121 Å². The van der Waals surface area contributed by atoms with Gasteiger partial charge in [-0.05, 0) is 52.7 Å². The predicted octanol–water partition coefficient (Wildman–Crippen LogP) is 2.67. The van der Waals surface area contributed by atoms with Gasteiger partial charge in [-0.25, -0.2) is 0 Å². The summed E-state index contributed by atoms with van der Waals surface area (Å²) in [5.41, 5.74) is 1.09. The molecule has 0 spiro atoms. The number of hydrogen-bond acceptors (Lipinski definition) is 4. The molecule has 0 amide bonds. The van der Waals surface area contributed by atoms with Crippen molar-refractivity contribution in [2.45, 2.75) is 53.8 Å². The van der Waals surface area contributed by atoms with Gasteiger partial charge in [0.1, 0.15) is 5.78 Å². The number of Topliss-reactive ketones (excluding diaryl/α,β-unsaturated/α-hetero) is 1. The van der Waals surface area contributed by atoms with Gasteiger partial charge in [-0.2, -0.15) is 0 Å². The second-order valence-electron chi connectivity index (χ2n) is 6.07. The highest BCUT2D eigenvalue weighted by Gasteiger charge is 2.46. The summed E-state index contributed by atoms with van der Waals surface area (Å²) in [6, 6.07) is 0. The first-order valence-electron chi connectivity index (χ1n) is 6.75. The molecular formula is C16H25NO3. The van der Waals surface area contributed by atoms with Gasteiger partial charge in [0.15, 0.2) is 0 Å². The van der Waals surface area contributed by atoms with Crippen molar-refractivity contribution in [2.75, 3.05) is 7.11 Å². The fourth-order valence-electron chi connectivity index (χ4n) is 2.41. The molecular weight excluding hydrogens is 254 g/mol. The third kappa shape index (κ3) is 2.63. The van der Waals surface area contributed by atoms with Gasteiger partial charge in [-0.3, -0.25) is 9.78 Å². The molecule has 0 fully saturated rings. The molecule has 1 unspecified atom stereocenters. The molecule has 0 aromatic carbocycles. The highest BCUT2D eigenvalue weighted by molar-refractivity contribution is 5.83. The minimum absolute atomic E-state index is 0.0558. The number of hydrogen-bond donors (Lipinski definition) is 1. The average Bonchev–Trinajstić information content (AvgIpc) is 2.33. The summed E-state index contributed by atoms with van der Waals surface area (Å²) < 4.78 is 5.24. The van der Waals surface area contributed by atoms with E-state index in [1.54, 1.807) is 34.1 Å². The molecule has 0 aliphatic carbocycles. The van der Waals surface area contributed by atoms with Crippen molar-refractivity contribution < 1.29 is 14.6 Å². The van der Waals surface area contributed by atoms with Crippen molar-refractivity contribution in [2.24, 2.45) is 5.41 Å². The van der Waals surface area contributed by atoms with Crippen LogP contribution in [0.3, 0.4) is 0 Å². The summed E-state index contributed by atoms with van der Waals surface area (Å²) in [4.78, 5) is 16.3. The number of rotatable bonds is 5. The number of carbonyl (C=O) groups is 1. The Balaban J connectivity index is 3.60. The maximum absolute atomic E-state index is 11.9. The van der Waals surface area contributed by atoms with E-state index in [0.717, 1.165) is 22.4 Å². The van der Waals surface area contributed by atoms with Gasteiger partial charge in [0.25, 0.3) is 0 Å². The van der Waals surface area contributed by atoms with Gasteiger partial charge < -0.3 is 9.84 Å². The normalized spacial score (nSPS) is 15.0. The van der Waals surface area contributed by atoms with Crippen LogP contribution >= 0.6 is 0 Å². The van der Waals surface area contributed by atoms with Crippen LogP contribution < -0.4 is 0 Å². The van der Waals surface area contributed by atoms with Crippen molar-refractivity contribution >= 4 is 5.78 Å². The first-order chi connectivity index (χ1) is 9.07. The number of aryl methyl sites for hydroxylation is 2. The zero-order chi connectivity index (χ0) is 15.7. The number of ketones is 1. The molecule has 4 nitrogen and oxygen atoms in total. The Kier molecular flexibility index (Phi) is 4.72. The Morgan fingerprint density at radius 3 is 2.35 bits per heavy atom. The number of aliphatic hydroxyl groups is 1. The van der Waals surface area contributed by atoms with Crippen molar-refractivity contribution in [1.29, 1.82) is 0 Å². The largest absolute Gasteiger partial charge is 0.384 e. The summed E-state index contributed by atoms with van der Waals surface area (Å²) in [6.45, 7) is 10.9. The molecule has 0 saturated heterocycles. The van der Waals surface area contributed by atoms with Crippen LogP contribution in [-0.4, -0.2) is 23.0 Å². The Morgan fingerprint density at radius 1 is 1.35 bits per heavy atom. The van der Waals surface area contributed by atoms with Gasteiger partial charge >= 0.3 is 0 Å². The summed E-state index contributed by atoms with van der Waals surface area (Å²) in [5.74, 6) is -0.0558. The standard InChI is InChI=1S/C16H25NO3/c1-10-8-17-11(2)13(9-20-7)14(10)16(6,19)15(4,5)12(3)18/h8,19H,9H2,1-7H3. The third-order valence-corrected chi connectivity index (χ3v) is 4.46. The Bertz CT molecular complexity index is 519. The number of pyridine rings is 1. The Morgan fingerprint density at radius 2 is 1.90 bits per heavy atom. The lowest BCUT2D eigenvalue weighted by molar-refractivity contribution is -0.141. The molecule has 0 radical (unpaired) electrons. The highest BCUT2D eigenvalue weighted by Crippen LogP contribution is 2.43. The van der Waals surface area contributed by atoms with Crippen LogP contribution in [-0.2, 0) is 21.7 Å². The fourth-order valence-corrected chi connectivity index (χ4v) is 2.41. The zero-order valence-electron chi connectivity index (χ0n) is 13.5. The van der Waals surface area contributed by atoms with E-state index < -0.39 is 11.0 Å². The van der Waals surface area contributed by atoms with E-state index in [9.17, 15) is 9.90 Å². The molecule has 112 valence electrons. The summed E-state index contributed by atoms with van der Waals surface area (Å²) in [5, 5.41) is 11.1. The molecule has 0 saturated carbocycles. The van der Waals surface area contributed by atoms with Crippen molar-refractivity contribution in [3.05, 3.63) is 28.6 Å². The molecule has 1 heterocycles. The van der Waals surface area contributed by atoms with Crippen molar-refractivity contribution in [3.63, 3.8) is 0 Å². The molecule has 1 rings (SSSR count). The van der Waals surface area contributed by atoms with Crippen LogP contribution in [0.15, 0.2) is 6.20 Å². The maximum Gasteiger partial charge on any atom is 0.138 e. The molecule has 0 bridgehead atoms. The van der Waals surface area contributed by atoms with E-state index in [-0.39, 0.29) is 5.78 Å². The van der Waals surface area contributed by atoms with Crippen LogP contribution in [0.5, 0.6) is 0 Å². The molecule has 1 aromatic heterocycles. The second kappa shape index (κ2) is 5.62. The number of carbonyl (C=O) groups excluding carboxylic acids is 1.